The van der Waals surface area contributed by atoms with Gasteiger partial charge in [-0.3, -0.25) is 0 Å². The minimum absolute atomic E-state index is 0.00982. The first-order valence-electron chi connectivity index (χ1n) is 32.4. The molecule has 86 heavy (non-hydrogen) atoms. The summed E-state index contributed by atoms with van der Waals surface area (Å²) in [5.41, 5.74) is 20.6. The van der Waals surface area contributed by atoms with Crippen LogP contribution in [0.4, 0.5) is 34.1 Å². The van der Waals surface area contributed by atoms with Crippen LogP contribution in [0.25, 0.3) is 98.0 Å². The minimum Gasteiger partial charge on any atom is -0.334 e. The number of nitrogens with zero attached hydrogens (tertiary/aromatic N) is 3. The molecule has 6 aliphatic rings. The number of benzene rings is 11. The predicted molar refractivity (Wildman–Crippen MR) is 365 cm³/mol. The van der Waals surface area contributed by atoms with E-state index in [1.54, 1.807) is 0 Å². The lowest BCUT2D eigenvalue weighted by atomic mass is 9.81. The van der Waals surface area contributed by atoms with E-state index < -0.39 is 0 Å². The van der Waals surface area contributed by atoms with E-state index in [1.807, 2.05) is 0 Å². The van der Waals surface area contributed by atoms with Gasteiger partial charge in [0.05, 0.1) is 16.6 Å². The fourth-order valence-electron chi connectivity index (χ4n) is 20.0. The number of anilines is 6. The molecular weight excluding hydrogens is 1040 g/mol. The molecule has 0 radical (unpaired) electrons. The van der Waals surface area contributed by atoms with E-state index in [0.29, 0.717) is 35.5 Å². The van der Waals surface area contributed by atoms with Crippen molar-refractivity contribution in [1.82, 2.24) is 0 Å². The molecule has 0 spiro atoms. The van der Waals surface area contributed by atoms with Gasteiger partial charge >= 0.3 is 0 Å². The minimum atomic E-state index is 0.00982. The second kappa shape index (κ2) is 17.3. The van der Waals surface area contributed by atoms with Crippen molar-refractivity contribution in [3.63, 3.8) is 0 Å². The highest BCUT2D eigenvalue weighted by Crippen LogP contribution is 2.65. The van der Waals surface area contributed by atoms with Crippen LogP contribution in [-0.2, 0) is 0 Å². The summed E-state index contributed by atoms with van der Waals surface area (Å²) in [5.74, 6) is 3.14. The molecule has 0 amide bonds. The summed E-state index contributed by atoms with van der Waals surface area (Å²) >= 11 is 0. The Hall–Kier alpha value is -8.66. The van der Waals surface area contributed by atoms with Crippen LogP contribution in [-0.4, -0.2) is 16.6 Å². The maximum atomic E-state index is 2.71. The van der Waals surface area contributed by atoms with Crippen molar-refractivity contribution in [2.24, 2.45) is 17.8 Å². The Morgan fingerprint density at radius 2 is 0.616 bits per heavy atom. The molecule has 0 saturated heterocycles. The number of rotatable bonds is 6. The Kier molecular flexibility index (Phi) is 9.97. The third-order valence-electron chi connectivity index (χ3n) is 24.6. The van der Waals surface area contributed by atoms with Gasteiger partial charge in [-0.1, -0.05) is 148 Å². The van der Waals surface area contributed by atoms with Gasteiger partial charge in [0.2, 0.25) is 0 Å². The molecule has 13 aromatic carbocycles. The molecule has 3 aliphatic carbocycles. The van der Waals surface area contributed by atoms with E-state index in [-0.39, 0.29) is 16.6 Å². The molecule has 3 saturated carbocycles. The van der Waals surface area contributed by atoms with Crippen molar-refractivity contribution in [2.45, 2.75) is 114 Å². The fourth-order valence-corrected chi connectivity index (χ4v) is 20.0. The maximum Gasteiger partial charge on any atom is 0.0518 e. The van der Waals surface area contributed by atoms with Crippen LogP contribution in [0.5, 0.6) is 0 Å². The van der Waals surface area contributed by atoms with E-state index in [2.05, 4.69) is 269 Å². The lowest BCUT2D eigenvalue weighted by Gasteiger charge is -2.41. The summed E-state index contributed by atoms with van der Waals surface area (Å²) in [7, 11) is 0. The molecule has 9 atom stereocenters. The van der Waals surface area contributed by atoms with Crippen LogP contribution in [0.15, 0.2) is 212 Å². The van der Waals surface area contributed by atoms with Gasteiger partial charge in [-0.05, 0) is 277 Å². The zero-order chi connectivity index (χ0) is 57.3. The van der Waals surface area contributed by atoms with Crippen molar-refractivity contribution in [3.8, 4) is 33.4 Å². The lowest BCUT2D eigenvalue weighted by molar-refractivity contribution is 0.355. The van der Waals surface area contributed by atoms with Gasteiger partial charge in [0.1, 0.15) is 0 Å². The summed E-state index contributed by atoms with van der Waals surface area (Å²) in [6.07, 6.45) is 7.37. The van der Waals surface area contributed by atoms with Crippen molar-refractivity contribution < 1.29 is 0 Å². The normalized spacial score (nSPS) is 26.3. The molecule has 3 heteroatoms. The Labute approximate surface area is 505 Å². The van der Waals surface area contributed by atoms with Crippen LogP contribution in [0.1, 0.15) is 115 Å². The number of fused-ring (bicyclic) bond motifs is 15. The summed E-state index contributed by atoms with van der Waals surface area (Å²) in [6, 6.07) is 83.2. The van der Waals surface area contributed by atoms with E-state index >= 15 is 0 Å². The predicted octanol–water partition coefficient (Wildman–Crippen LogP) is 22.8. The Morgan fingerprint density at radius 1 is 0.279 bits per heavy atom. The highest BCUT2D eigenvalue weighted by Gasteiger charge is 2.58. The first-order chi connectivity index (χ1) is 42.0. The van der Waals surface area contributed by atoms with Gasteiger partial charge in [0, 0.05) is 51.9 Å². The number of hydrogen-bond acceptors (Lipinski definition) is 3. The second-order valence-corrected chi connectivity index (χ2v) is 28.0. The van der Waals surface area contributed by atoms with Gasteiger partial charge in [-0.2, -0.15) is 0 Å². The van der Waals surface area contributed by atoms with Crippen molar-refractivity contribution in [2.75, 3.05) is 14.7 Å². The third-order valence-corrected chi connectivity index (χ3v) is 24.6. The second-order valence-electron chi connectivity index (χ2n) is 28.0. The van der Waals surface area contributed by atoms with E-state index in [0.717, 1.165) is 0 Å². The molecule has 9 unspecified atom stereocenters. The lowest BCUT2D eigenvalue weighted by Crippen LogP contribution is -2.45. The van der Waals surface area contributed by atoms with E-state index in [9.17, 15) is 0 Å². The Balaban J connectivity index is 0.804. The summed E-state index contributed by atoms with van der Waals surface area (Å²) in [6.45, 7) is 15.1. The topological polar surface area (TPSA) is 9.72 Å². The van der Waals surface area contributed by atoms with Gasteiger partial charge in [-0.25, -0.2) is 0 Å². The molecule has 0 bridgehead atoms. The summed E-state index contributed by atoms with van der Waals surface area (Å²) in [4.78, 5) is 8.10. The average Bonchev–Trinajstić information content (AvgIpc) is 1.64. The van der Waals surface area contributed by atoms with Gasteiger partial charge in [0.25, 0.3) is 0 Å². The molecule has 3 fully saturated rings. The molecular formula is C83H71N3. The van der Waals surface area contributed by atoms with Crippen molar-refractivity contribution in [1.29, 1.82) is 0 Å². The molecule has 3 heterocycles. The Bertz CT molecular complexity index is 4780. The average molecular weight is 1110 g/mol. The fraction of sp³-hybridized carbons (Fsp3) is 0.253. The van der Waals surface area contributed by atoms with Gasteiger partial charge < -0.3 is 14.7 Å². The number of para-hydroxylation sites is 3. The van der Waals surface area contributed by atoms with Gasteiger partial charge in [0.15, 0.2) is 0 Å². The van der Waals surface area contributed by atoms with Crippen LogP contribution in [0.2, 0.25) is 0 Å². The zero-order valence-corrected chi connectivity index (χ0v) is 50.3. The standard InChI is InChI=1S/C83H71N3/c1-48-25-37-72-69-43-51(28-40-75(69)84(81(48,72)4)54-17-10-7-11-18-54)57-31-34-62-66-47-68-64-36-33-59(53-30-42-77-71(45-53)74-39-27-50(3)83(74,6)86(77)56-21-14-9-15-22-56)79-58(32-35-63(80(64)79)67(68)46-65(66)61-24-16-23-60(57)78(61)62)52-29-41-76-70(44-52)73-38-26-49(2)82(73,5)85(76)55-19-12-8-13-20-55/h7-24,28-36,40-50,72-74H,25-27,37-39H2,1-6H3. The molecule has 3 aliphatic heterocycles. The van der Waals surface area contributed by atoms with Crippen molar-refractivity contribution >= 4 is 98.8 Å². The summed E-state index contributed by atoms with van der Waals surface area (Å²) in [5, 5.41) is 16.3. The smallest absolute Gasteiger partial charge is 0.0518 e. The zero-order valence-electron chi connectivity index (χ0n) is 50.3. The number of hydrogen-bond donors (Lipinski definition) is 0. The summed E-state index contributed by atoms with van der Waals surface area (Å²) < 4.78 is 0. The van der Waals surface area contributed by atoms with Crippen LogP contribution in [0, 0.1) is 17.8 Å². The van der Waals surface area contributed by atoms with Gasteiger partial charge in [-0.15, -0.1) is 0 Å². The quantitative estimate of drug-likeness (QED) is 0.164. The van der Waals surface area contributed by atoms with Crippen LogP contribution < -0.4 is 14.7 Å². The Morgan fingerprint density at radius 3 is 1.01 bits per heavy atom. The highest BCUT2D eigenvalue weighted by molar-refractivity contribution is 6.39. The van der Waals surface area contributed by atoms with Crippen molar-refractivity contribution in [3.05, 3.63) is 229 Å². The molecule has 3 nitrogen and oxygen atoms in total. The first-order valence-corrected chi connectivity index (χ1v) is 32.4. The third kappa shape index (κ3) is 6.14. The monoisotopic (exact) mass is 1110 g/mol. The highest BCUT2D eigenvalue weighted by atomic mass is 15.3. The van der Waals surface area contributed by atoms with Crippen LogP contribution >= 0.6 is 0 Å². The van der Waals surface area contributed by atoms with Crippen LogP contribution in [0.3, 0.4) is 0 Å². The van der Waals surface area contributed by atoms with E-state index in [1.165, 1.54) is 187 Å². The van der Waals surface area contributed by atoms with E-state index in [4.69, 9.17) is 0 Å². The molecule has 418 valence electrons. The maximum absolute atomic E-state index is 2.71. The SMILES string of the molecule is CC1CCC2c3cc(-c4ccc5c6cc7c(cc6c6cccc4c65)c4ccc(-c5ccc6c(c5)C5CCC(C)C5(C)N6c5ccccc5)c5c(-c6ccc8c(c6)C6CCC(C)C6(C)N8c6ccccc6)ccc7c54)ccc3N(c3ccccc3)C12C. The molecule has 0 aromatic heterocycles. The molecule has 13 aromatic rings. The largest absolute Gasteiger partial charge is 0.334 e. The first kappa shape index (κ1) is 49.6. The molecule has 19 rings (SSSR count). The molecule has 0 N–H and O–H groups in total.